The number of anilines is 1. The number of fused-ring (bicyclic) bond motifs is 1. The first kappa shape index (κ1) is 20.6. The molecule has 2 aromatic rings. The third-order valence-corrected chi connectivity index (χ3v) is 7.54. The van der Waals surface area contributed by atoms with Gasteiger partial charge in [0.2, 0.25) is 21.8 Å². The summed E-state index contributed by atoms with van der Waals surface area (Å²) in [6.07, 6.45) is 4.01. The number of carbonyl (C=O) groups excluding carboxylic acids is 2. The largest absolute Gasteiger partial charge is 0.467 e. The molecule has 1 aromatic heterocycles. The Labute approximate surface area is 176 Å². The van der Waals surface area contributed by atoms with Crippen molar-refractivity contribution in [1.29, 1.82) is 0 Å². The highest BCUT2D eigenvalue weighted by Crippen LogP contribution is 2.31. The minimum absolute atomic E-state index is 0.0960. The molecule has 8 nitrogen and oxygen atoms in total. The molecule has 0 unspecified atom stereocenters. The Kier molecular flexibility index (Phi) is 5.66. The van der Waals surface area contributed by atoms with E-state index in [9.17, 15) is 18.0 Å². The molecule has 1 fully saturated rings. The van der Waals surface area contributed by atoms with Gasteiger partial charge in [-0.15, -0.1) is 0 Å². The van der Waals surface area contributed by atoms with Crippen molar-refractivity contribution in [2.24, 2.45) is 0 Å². The standard InChI is InChI=1S/C21H25N3O5S/c1-22(14-17-5-4-12-29-17)21(26)15-24-19-8-7-18(13-16(19)6-9-20(24)25)30(27,28)23-10-2-3-11-23/h4-5,7-8,12-13H,2-3,6,9-11,14-15H2,1H3. The highest BCUT2D eigenvalue weighted by atomic mass is 32.2. The van der Waals surface area contributed by atoms with Gasteiger partial charge in [0.15, 0.2) is 0 Å². The number of sulfonamides is 1. The highest BCUT2D eigenvalue weighted by Gasteiger charge is 2.31. The summed E-state index contributed by atoms with van der Waals surface area (Å²) in [5, 5.41) is 0. The molecular weight excluding hydrogens is 406 g/mol. The second kappa shape index (κ2) is 8.23. The monoisotopic (exact) mass is 431 g/mol. The molecule has 3 heterocycles. The van der Waals surface area contributed by atoms with Gasteiger partial charge in [0.1, 0.15) is 12.3 Å². The van der Waals surface area contributed by atoms with E-state index in [1.165, 1.54) is 20.2 Å². The van der Waals surface area contributed by atoms with Gasteiger partial charge in [0.05, 0.1) is 17.7 Å². The number of furan rings is 1. The first-order chi connectivity index (χ1) is 14.4. The maximum atomic E-state index is 12.9. The van der Waals surface area contributed by atoms with Gasteiger partial charge < -0.3 is 14.2 Å². The maximum absolute atomic E-state index is 12.9. The van der Waals surface area contributed by atoms with Crippen molar-refractivity contribution < 1.29 is 22.4 Å². The van der Waals surface area contributed by atoms with Crippen LogP contribution in [0.2, 0.25) is 0 Å². The fraction of sp³-hybridized carbons (Fsp3) is 0.429. The lowest BCUT2D eigenvalue weighted by Gasteiger charge is -2.31. The summed E-state index contributed by atoms with van der Waals surface area (Å²) in [7, 11) is -1.87. The molecular formula is C21H25N3O5S. The van der Waals surface area contributed by atoms with Crippen LogP contribution < -0.4 is 4.90 Å². The third-order valence-electron chi connectivity index (χ3n) is 5.65. The van der Waals surface area contributed by atoms with E-state index in [1.54, 1.807) is 37.6 Å². The van der Waals surface area contributed by atoms with Gasteiger partial charge in [-0.3, -0.25) is 9.59 Å². The molecule has 0 spiro atoms. The lowest BCUT2D eigenvalue weighted by Crippen LogP contribution is -2.43. The number of amides is 2. The zero-order chi connectivity index (χ0) is 21.3. The number of likely N-dealkylation sites (N-methyl/N-ethyl adjacent to an activating group) is 1. The smallest absolute Gasteiger partial charge is 0.243 e. The highest BCUT2D eigenvalue weighted by molar-refractivity contribution is 7.89. The van der Waals surface area contributed by atoms with Crippen LogP contribution in [0, 0.1) is 0 Å². The number of hydrogen-bond acceptors (Lipinski definition) is 5. The van der Waals surface area contributed by atoms with Gasteiger partial charge >= 0.3 is 0 Å². The molecule has 0 bridgehead atoms. The van der Waals surface area contributed by atoms with Crippen LogP contribution in [0.15, 0.2) is 45.9 Å². The Morgan fingerprint density at radius 3 is 2.63 bits per heavy atom. The van der Waals surface area contributed by atoms with Crippen molar-refractivity contribution in [2.45, 2.75) is 37.1 Å². The summed E-state index contributed by atoms with van der Waals surface area (Å²) in [5.74, 6) is 0.298. The quantitative estimate of drug-likeness (QED) is 0.698. The van der Waals surface area contributed by atoms with Crippen LogP contribution >= 0.6 is 0 Å². The first-order valence-electron chi connectivity index (χ1n) is 10.1. The predicted molar refractivity (Wildman–Crippen MR) is 110 cm³/mol. The van der Waals surface area contributed by atoms with Gasteiger partial charge in [0, 0.05) is 32.2 Å². The Bertz CT molecular complexity index is 1040. The molecule has 0 aliphatic carbocycles. The molecule has 2 amide bonds. The number of nitrogens with zero attached hydrogens (tertiary/aromatic N) is 3. The fourth-order valence-corrected chi connectivity index (χ4v) is 5.50. The van der Waals surface area contributed by atoms with Gasteiger partial charge in [-0.25, -0.2) is 8.42 Å². The molecule has 0 atom stereocenters. The normalized spacial score (nSPS) is 17.2. The van der Waals surface area contributed by atoms with Crippen LogP contribution in [0.25, 0.3) is 0 Å². The van der Waals surface area contributed by atoms with E-state index in [2.05, 4.69) is 0 Å². The third kappa shape index (κ3) is 3.99. The van der Waals surface area contributed by atoms with E-state index < -0.39 is 10.0 Å². The Balaban J connectivity index is 1.53. The molecule has 2 aliphatic heterocycles. The molecule has 2 aliphatic rings. The number of benzene rings is 1. The second-order valence-corrected chi connectivity index (χ2v) is 9.65. The SMILES string of the molecule is CN(Cc1ccco1)C(=O)CN1C(=O)CCc2cc(S(=O)(=O)N3CCCC3)ccc21. The van der Waals surface area contributed by atoms with Crippen molar-refractivity contribution in [1.82, 2.24) is 9.21 Å². The van der Waals surface area contributed by atoms with Crippen LogP contribution in [0.4, 0.5) is 5.69 Å². The summed E-state index contributed by atoms with van der Waals surface area (Å²) in [5.41, 5.74) is 1.38. The second-order valence-electron chi connectivity index (χ2n) is 7.71. The lowest BCUT2D eigenvalue weighted by molar-refractivity contribution is -0.131. The zero-order valence-electron chi connectivity index (χ0n) is 16.9. The maximum Gasteiger partial charge on any atom is 0.243 e. The Morgan fingerprint density at radius 1 is 1.17 bits per heavy atom. The molecule has 1 saturated heterocycles. The lowest BCUT2D eigenvalue weighted by atomic mass is 10.0. The van der Waals surface area contributed by atoms with Crippen molar-refractivity contribution >= 4 is 27.5 Å². The van der Waals surface area contributed by atoms with Gasteiger partial charge in [0.25, 0.3) is 0 Å². The average molecular weight is 432 g/mol. The van der Waals surface area contributed by atoms with Crippen molar-refractivity contribution in [3.8, 4) is 0 Å². The molecule has 160 valence electrons. The molecule has 4 rings (SSSR count). The number of rotatable bonds is 6. The number of aryl methyl sites for hydroxylation is 1. The van der Waals surface area contributed by atoms with Crippen LogP contribution in [0.5, 0.6) is 0 Å². The van der Waals surface area contributed by atoms with Crippen molar-refractivity contribution in [3.05, 3.63) is 47.9 Å². The molecule has 0 N–H and O–H groups in total. The predicted octanol–water partition coefficient (Wildman–Crippen LogP) is 2.00. The first-order valence-corrected chi connectivity index (χ1v) is 11.5. The van der Waals surface area contributed by atoms with Gasteiger partial charge in [-0.1, -0.05) is 0 Å². The molecule has 1 aromatic carbocycles. The van der Waals surface area contributed by atoms with Crippen LogP contribution in [-0.2, 0) is 32.6 Å². The van der Waals surface area contributed by atoms with Crippen molar-refractivity contribution in [2.75, 3.05) is 31.6 Å². The van der Waals surface area contributed by atoms with Gasteiger partial charge in [-0.05, 0) is 55.2 Å². The average Bonchev–Trinajstić information content (AvgIpc) is 3.44. The van der Waals surface area contributed by atoms with Gasteiger partial charge in [-0.2, -0.15) is 4.31 Å². The minimum atomic E-state index is -3.52. The summed E-state index contributed by atoms with van der Waals surface area (Å²) in [6, 6.07) is 8.38. The molecule has 30 heavy (non-hydrogen) atoms. The van der Waals surface area contributed by atoms with Crippen LogP contribution in [0.3, 0.4) is 0 Å². The van der Waals surface area contributed by atoms with E-state index in [-0.39, 0.29) is 29.7 Å². The minimum Gasteiger partial charge on any atom is -0.467 e. The van der Waals surface area contributed by atoms with E-state index in [1.807, 2.05) is 0 Å². The zero-order valence-corrected chi connectivity index (χ0v) is 17.7. The Hall–Kier alpha value is -2.65. The number of hydrogen-bond donors (Lipinski definition) is 0. The Morgan fingerprint density at radius 2 is 1.93 bits per heavy atom. The number of carbonyl (C=O) groups is 2. The van der Waals surface area contributed by atoms with E-state index in [0.29, 0.717) is 37.5 Å². The molecule has 0 radical (unpaired) electrons. The van der Waals surface area contributed by atoms with Crippen LogP contribution in [0.1, 0.15) is 30.6 Å². The molecule has 0 saturated carbocycles. The summed E-state index contributed by atoms with van der Waals surface area (Å²) < 4.78 is 32.5. The summed E-state index contributed by atoms with van der Waals surface area (Å²) in [4.78, 5) is 28.4. The fourth-order valence-electron chi connectivity index (χ4n) is 3.93. The summed E-state index contributed by atoms with van der Waals surface area (Å²) >= 11 is 0. The van der Waals surface area contributed by atoms with E-state index in [0.717, 1.165) is 18.4 Å². The van der Waals surface area contributed by atoms with E-state index >= 15 is 0 Å². The topological polar surface area (TPSA) is 91.1 Å². The van der Waals surface area contributed by atoms with Crippen molar-refractivity contribution in [3.63, 3.8) is 0 Å². The molecule has 9 heteroatoms. The summed E-state index contributed by atoms with van der Waals surface area (Å²) in [6.45, 7) is 1.30. The van der Waals surface area contributed by atoms with Crippen LogP contribution in [-0.4, -0.2) is 56.1 Å². The van der Waals surface area contributed by atoms with E-state index in [4.69, 9.17) is 4.42 Å².